The second kappa shape index (κ2) is 8.71. The molecule has 1 aliphatic heterocycles. The number of aromatic nitrogens is 1. The lowest BCUT2D eigenvalue weighted by Crippen LogP contribution is -2.36. The first-order valence-corrected chi connectivity index (χ1v) is 11.3. The number of anilines is 1. The van der Waals surface area contributed by atoms with Crippen LogP contribution in [0.15, 0.2) is 60.8 Å². The average molecular weight is 425 g/mol. The summed E-state index contributed by atoms with van der Waals surface area (Å²) >= 11 is 0. The predicted octanol–water partition coefficient (Wildman–Crippen LogP) is 5.14. The fourth-order valence-corrected chi connectivity index (χ4v) is 4.90. The standard InChI is InChI=1S/C28H28N2O2/c1-19-4-3-5-20(2)27(19)23-10-11-26(31)28-24(23)12-13-29-25(28)18-21-6-8-22(9-7-21)30-14-16-32-17-15-30/h3-10,12-13H,11,14-18H2,1-2H3. The molecule has 0 radical (unpaired) electrons. The smallest absolute Gasteiger partial charge is 0.169 e. The van der Waals surface area contributed by atoms with Gasteiger partial charge in [0.25, 0.3) is 0 Å². The maximum absolute atomic E-state index is 13.0. The molecule has 0 bridgehead atoms. The lowest BCUT2D eigenvalue weighted by atomic mass is 9.82. The molecular formula is C28H28N2O2. The molecule has 2 aromatic carbocycles. The van der Waals surface area contributed by atoms with E-state index < -0.39 is 0 Å². The maximum Gasteiger partial charge on any atom is 0.169 e. The van der Waals surface area contributed by atoms with E-state index in [1.807, 2.05) is 12.3 Å². The van der Waals surface area contributed by atoms with Crippen LogP contribution in [0.4, 0.5) is 5.69 Å². The van der Waals surface area contributed by atoms with Crippen LogP contribution < -0.4 is 4.90 Å². The largest absolute Gasteiger partial charge is 0.378 e. The Kier molecular flexibility index (Phi) is 5.62. The number of rotatable bonds is 4. The zero-order valence-corrected chi connectivity index (χ0v) is 18.7. The van der Waals surface area contributed by atoms with E-state index in [-0.39, 0.29) is 5.78 Å². The summed E-state index contributed by atoms with van der Waals surface area (Å²) < 4.78 is 5.46. The molecule has 4 nitrogen and oxygen atoms in total. The van der Waals surface area contributed by atoms with Gasteiger partial charge >= 0.3 is 0 Å². The quantitative estimate of drug-likeness (QED) is 0.581. The van der Waals surface area contributed by atoms with Gasteiger partial charge in [-0.15, -0.1) is 0 Å². The molecule has 32 heavy (non-hydrogen) atoms. The Morgan fingerprint density at radius 1 is 0.938 bits per heavy atom. The highest BCUT2D eigenvalue weighted by atomic mass is 16.5. The van der Waals surface area contributed by atoms with Crippen LogP contribution >= 0.6 is 0 Å². The normalized spacial score (nSPS) is 16.0. The fraction of sp³-hybridized carbons (Fsp3) is 0.286. The van der Waals surface area contributed by atoms with Gasteiger partial charge in [-0.3, -0.25) is 9.78 Å². The van der Waals surface area contributed by atoms with Gasteiger partial charge in [0.15, 0.2) is 5.78 Å². The first-order valence-electron chi connectivity index (χ1n) is 11.3. The third-order valence-corrected chi connectivity index (χ3v) is 6.52. The van der Waals surface area contributed by atoms with Crippen molar-refractivity contribution in [3.05, 3.63) is 99.9 Å². The summed E-state index contributed by atoms with van der Waals surface area (Å²) in [5.74, 6) is 0.156. The molecule has 2 aliphatic rings. The molecule has 5 rings (SSSR count). The number of hydrogen-bond donors (Lipinski definition) is 0. The van der Waals surface area contributed by atoms with Gasteiger partial charge in [-0.05, 0) is 65.4 Å². The summed E-state index contributed by atoms with van der Waals surface area (Å²) in [4.78, 5) is 20.0. The lowest BCUT2D eigenvalue weighted by molar-refractivity contribution is 0.0993. The Bertz CT molecular complexity index is 1170. The van der Waals surface area contributed by atoms with Crippen molar-refractivity contribution in [3.63, 3.8) is 0 Å². The first kappa shape index (κ1) is 20.7. The highest BCUT2D eigenvalue weighted by molar-refractivity contribution is 6.08. The molecule has 4 heteroatoms. The Morgan fingerprint density at radius 3 is 2.38 bits per heavy atom. The van der Waals surface area contributed by atoms with Gasteiger partial charge in [0, 0.05) is 43.4 Å². The van der Waals surface area contributed by atoms with Crippen molar-refractivity contribution in [2.24, 2.45) is 0 Å². The van der Waals surface area contributed by atoms with Crippen LogP contribution in [-0.4, -0.2) is 37.1 Å². The Hall–Kier alpha value is -3.24. The SMILES string of the molecule is Cc1cccc(C)c1C1=CCC(=O)c2c1ccnc2Cc1ccc(N2CCOCC2)cc1. The number of hydrogen-bond acceptors (Lipinski definition) is 4. The Balaban J connectivity index is 1.47. The highest BCUT2D eigenvalue weighted by Crippen LogP contribution is 2.36. The number of Topliss-reactive ketones (excluding diaryl/α,β-unsaturated/α-hetero) is 1. The van der Waals surface area contributed by atoms with Crippen LogP contribution in [0, 0.1) is 13.8 Å². The first-order chi connectivity index (χ1) is 15.6. The topological polar surface area (TPSA) is 42.4 Å². The van der Waals surface area contributed by atoms with E-state index in [2.05, 4.69) is 72.3 Å². The summed E-state index contributed by atoms with van der Waals surface area (Å²) in [5.41, 5.74) is 9.88. The maximum atomic E-state index is 13.0. The van der Waals surface area contributed by atoms with E-state index >= 15 is 0 Å². The molecule has 0 spiro atoms. The summed E-state index contributed by atoms with van der Waals surface area (Å²) in [6.07, 6.45) is 5.00. The van der Waals surface area contributed by atoms with Crippen LogP contribution in [0.3, 0.4) is 0 Å². The van der Waals surface area contributed by atoms with Crippen molar-refractivity contribution in [3.8, 4) is 0 Å². The number of fused-ring (bicyclic) bond motifs is 1. The van der Waals surface area contributed by atoms with E-state index in [0.29, 0.717) is 12.8 Å². The second-order valence-electron chi connectivity index (χ2n) is 8.63. The monoisotopic (exact) mass is 424 g/mol. The minimum atomic E-state index is 0.156. The molecule has 1 saturated heterocycles. The van der Waals surface area contributed by atoms with Gasteiger partial charge < -0.3 is 9.64 Å². The third-order valence-electron chi connectivity index (χ3n) is 6.52. The Morgan fingerprint density at radius 2 is 1.66 bits per heavy atom. The summed E-state index contributed by atoms with van der Waals surface area (Å²) in [6.45, 7) is 7.68. The number of ether oxygens (including phenoxy) is 1. The number of allylic oxidation sites excluding steroid dienone is 1. The number of pyridine rings is 1. The number of benzene rings is 2. The lowest BCUT2D eigenvalue weighted by Gasteiger charge is -2.29. The summed E-state index contributed by atoms with van der Waals surface area (Å²) in [7, 11) is 0. The van der Waals surface area contributed by atoms with Gasteiger partial charge in [-0.25, -0.2) is 0 Å². The third kappa shape index (κ3) is 3.87. The van der Waals surface area contributed by atoms with Crippen molar-refractivity contribution in [2.45, 2.75) is 26.7 Å². The van der Waals surface area contributed by atoms with Crippen molar-refractivity contribution in [2.75, 3.05) is 31.2 Å². The minimum absolute atomic E-state index is 0.156. The zero-order valence-electron chi connectivity index (χ0n) is 18.7. The fourth-order valence-electron chi connectivity index (χ4n) is 4.90. The average Bonchev–Trinajstić information content (AvgIpc) is 2.81. The molecule has 0 amide bonds. The molecule has 0 N–H and O–H groups in total. The molecule has 0 atom stereocenters. The number of nitrogens with zero attached hydrogens (tertiary/aromatic N) is 2. The Labute approximate surface area is 189 Å². The molecule has 1 aromatic heterocycles. The molecule has 3 aromatic rings. The van der Waals surface area contributed by atoms with Crippen molar-refractivity contribution in [1.29, 1.82) is 0 Å². The van der Waals surface area contributed by atoms with Crippen molar-refractivity contribution >= 4 is 17.0 Å². The van der Waals surface area contributed by atoms with Gasteiger partial charge in [-0.1, -0.05) is 36.4 Å². The number of carbonyl (C=O) groups is 1. The number of aryl methyl sites for hydroxylation is 2. The molecule has 2 heterocycles. The molecule has 1 aliphatic carbocycles. The van der Waals surface area contributed by atoms with Crippen molar-refractivity contribution in [1.82, 2.24) is 4.98 Å². The van der Waals surface area contributed by atoms with Gasteiger partial charge in [0.05, 0.1) is 18.9 Å². The van der Waals surface area contributed by atoms with Crippen LogP contribution in [0.25, 0.3) is 5.57 Å². The van der Waals surface area contributed by atoms with Gasteiger partial charge in [-0.2, -0.15) is 0 Å². The molecular weight excluding hydrogens is 396 g/mol. The molecule has 0 unspecified atom stereocenters. The van der Waals surface area contributed by atoms with E-state index in [0.717, 1.165) is 48.7 Å². The highest BCUT2D eigenvalue weighted by Gasteiger charge is 2.25. The van der Waals surface area contributed by atoms with Crippen LogP contribution in [0.5, 0.6) is 0 Å². The molecule has 0 saturated carbocycles. The van der Waals surface area contributed by atoms with E-state index in [1.165, 1.54) is 27.9 Å². The summed E-state index contributed by atoms with van der Waals surface area (Å²) in [5, 5.41) is 0. The zero-order chi connectivity index (χ0) is 22.1. The number of morpholine rings is 1. The summed E-state index contributed by atoms with van der Waals surface area (Å²) in [6, 6.07) is 17.0. The number of carbonyl (C=O) groups excluding carboxylic acids is 1. The van der Waals surface area contributed by atoms with E-state index in [4.69, 9.17) is 4.74 Å². The van der Waals surface area contributed by atoms with E-state index in [1.54, 1.807) is 0 Å². The second-order valence-corrected chi connectivity index (χ2v) is 8.63. The predicted molar refractivity (Wildman–Crippen MR) is 128 cm³/mol. The van der Waals surface area contributed by atoms with Gasteiger partial charge in [0.2, 0.25) is 0 Å². The van der Waals surface area contributed by atoms with E-state index in [9.17, 15) is 4.79 Å². The van der Waals surface area contributed by atoms with Crippen LogP contribution in [-0.2, 0) is 11.2 Å². The molecule has 162 valence electrons. The van der Waals surface area contributed by atoms with Crippen LogP contribution in [0.2, 0.25) is 0 Å². The number of ketones is 1. The van der Waals surface area contributed by atoms with Crippen LogP contribution in [0.1, 0.15) is 50.3 Å². The van der Waals surface area contributed by atoms with Gasteiger partial charge in [0.1, 0.15) is 0 Å². The van der Waals surface area contributed by atoms with Crippen molar-refractivity contribution < 1.29 is 9.53 Å². The molecule has 1 fully saturated rings. The minimum Gasteiger partial charge on any atom is -0.378 e.